The predicted octanol–water partition coefficient (Wildman–Crippen LogP) is 1.71. The van der Waals surface area contributed by atoms with Crippen LogP contribution in [0.15, 0.2) is 48.5 Å². The molecule has 4 heteroatoms. The maximum absolute atomic E-state index is 11.8. The highest BCUT2D eigenvalue weighted by molar-refractivity contribution is 5.78. The van der Waals surface area contributed by atoms with E-state index in [9.17, 15) is 9.90 Å². The summed E-state index contributed by atoms with van der Waals surface area (Å²) in [5.74, 6) is 0.0969. The number of carbonyl (C=O) groups is 1. The van der Waals surface area contributed by atoms with Crippen LogP contribution in [-0.2, 0) is 24.3 Å². The molecule has 0 unspecified atom stereocenters. The van der Waals surface area contributed by atoms with Crippen molar-refractivity contribution in [1.29, 1.82) is 0 Å². The summed E-state index contributed by atoms with van der Waals surface area (Å²) in [5, 5.41) is 12.2. The number of hydrogen-bond acceptors (Lipinski definition) is 3. The number of nitrogens with two attached hydrogens (primary N) is 1. The van der Waals surface area contributed by atoms with Crippen LogP contribution in [0.5, 0.6) is 5.75 Å². The third-order valence-corrected chi connectivity index (χ3v) is 2.99. The van der Waals surface area contributed by atoms with Gasteiger partial charge in [-0.15, -0.1) is 0 Å². The van der Waals surface area contributed by atoms with E-state index in [-0.39, 0.29) is 18.1 Å². The van der Waals surface area contributed by atoms with Crippen LogP contribution in [0.1, 0.15) is 16.7 Å². The van der Waals surface area contributed by atoms with E-state index in [1.54, 1.807) is 18.2 Å². The first-order chi connectivity index (χ1) is 9.67. The molecule has 0 aliphatic heterocycles. The number of benzene rings is 2. The number of hydrogen-bond donors (Lipinski definition) is 3. The molecule has 104 valence electrons. The summed E-state index contributed by atoms with van der Waals surface area (Å²) < 4.78 is 0. The lowest BCUT2D eigenvalue weighted by atomic mass is 10.1. The Morgan fingerprint density at radius 1 is 1.05 bits per heavy atom. The van der Waals surface area contributed by atoms with Crippen molar-refractivity contribution in [2.24, 2.45) is 5.73 Å². The van der Waals surface area contributed by atoms with Crippen LogP contribution in [-0.4, -0.2) is 11.0 Å². The van der Waals surface area contributed by atoms with Gasteiger partial charge < -0.3 is 16.2 Å². The van der Waals surface area contributed by atoms with E-state index < -0.39 is 0 Å². The van der Waals surface area contributed by atoms with Crippen LogP contribution in [0.2, 0.25) is 0 Å². The molecule has 0 spiro atoms. The zero-order valence-corrected chi connectivity index (χ0v) is 11.2. The minimum Gasteiger partial charge on any atom is -0.508 e. The number of aromatic hydroxyl groups is 1. The second-order valence-corrected chi connectivity index (χ2v) is 4.65. The Bertz CT molecular complexity index is 597. The van der Waals surface area contributed by atoms with E-state index in [1.165, 1.54) is 0 Å². The van der Waals surface area contributed by atoms with Gasteiger partial charge in [0.25, 0.3) is 0 Å². The summed E-state index contributed by atoms with van der Waals surface area (Å²) in [6.07, 6.45) is 0.255. The fourth-order valence-corrected chi connectivity index (χ4v) is 1.98. The number of phenolic OH excluding ortho intramolecular Hbond substituents is 1. The molecule has 0 aromatic heterocycles. The Balaban J connectivity index is 1.88. The molecule has 2 aromatic rings. The molecule has 0 saturated carbocycles. The van der Waals surface area contributed by atoms with E-state index in [0.29, 0.717) is 13.1 Å². The molecule has 0 aliphatic carbocycles. The summed E-state index contributed by atoms with van der Waals surface area (Å²) in [5.41, 5.74) is 8.44. The average molecular weight is 270 g/mol. The van der Waals surface area contributed by atoms with Crippen molar-refractivity contribution in [3.8, 4) is 5.75 Å². The van der Waals surface area contributed by atoms with Crippen molar-refractivity contribution in [1.82, 2.24) is 5.32 Å². The number of rotatable bonds is 5. The second kappa shape index (κ2) is 6.73. The van der Waals surface area contributed by atoms with Gasteiger partial charge in [-0.2, -0.15) is 0 Å². The van der Waals surface area contributed by atoms with Gasteiger partial charge in [0.05, 0.1) is 6.42 Å². The van der Waals surface area contributed by atoms with Gasteiger partial charge in [0.15, 0.2) is 0 Å². The van der Waals surface area contributed by atoms with E-state index in [1.807, 2.05) is 30.3 Å². The van der Waals surface area contributed by atoms with Crippen molar-refractivity contribution >= 4 is 5.91 Å². The van der Waals surface area contributed by atoms with E-state index in [2.05, 4.69) is 5.32 Å². The number of phenols is 1. The van der Waals surface area contributed by atoms with Crippen molar-refractivity contribution in [2.45, 2.75) is 19.5 Å². The molecule has 4 N–H and O–H groups in total. The lowest BCUT2D eigenvalue weighted by Gasteiger charge is -2.07. The van der Waals surface area contributed by atoms with Crippen LogP contribution >= 0.6 is 0 Å². The van der Waals surface area contributed by atoms with Crippen molar-refractivity contribution < 1.29 is 9.90 Å². The SMILES string of the molecule is NCc1cccc(CNC(=O)Cc2cccc(O)c2)c1. The molecule has 0 heterocycles. The minimum absolute atomic E-state index is 0.0752. The zero-order chi connectivity index (χ0) is 14.4. The summed E-state index contributed by atoms with van der Waals surface area (Å²) in [4.78, 5) is 11.8. The standard InChI is InChI=1S/C16H18N2O2/c17-10-13-4-1-5-14(7-13)11-18-16(20)9-12-3-2-6-15(19)8-12/h1-8,19H,9-11,17H2,(H,18,20). The smallest absolute Gasteiger partial charge is 0.224 e. The number of carbonyl (C=O) groups excluding carboxylic acids is 1. The molecule has 2 rings (SSSR count). The van der Waals surface area contributed by atoms with E-state index in [0.717, 1.165) is 16.7 Å². The summed E-state index contributed by atoms with van der Waals surface area (Å²) in [6.45, 7) is 0.969. The number of amides is 1. The lowest BCUT2D eigenvalue weighted by molar-refractivity contribution is -0.120. The highest BCUT2D eigenvalue weighted by Crippen LogP contribution is 2.11. The van der Waals surface area contributed by atoms with Gasteiger partial charge in [0.2, 0.25) is 5.91 Å². The van der Waals surface area contributed by atoms with Crippen molar-refractivity contribution in [3.63, 3.8) is 0 Å². The van der Waals surface area contributed by atoms with Gasteiger partial charge in [-0.25, -0.2) is 0 Å². The zero-order valence-electron chi connectivity index (χ0n) is 11.2. The lowest BCUT2D eigenvalue weighted by Crippen LogP contribution is -2.24. The predicted molar refractivity (Wildman–Crippen MR) is 78.0 cm³/mol. The molecule has 20 heavy (non-hydrogen) atoms. The Morgan fingerprint density at radius 3 is 2.50 bits per heavy atom. The molecule has 0 aliphatic rings. The third-order valence-electron chi connectivity index (χ3n) is 2.99. The summed E-state index contributed by atoms with van der Waals surface area (Å²) in [7, 11) is 0. The molecular weight excluding hydrogens is 252 g/mol. The Labute approximate surface area is 118 Å². The first kappa shape index (κ1) is 14.1. The average Bonchev–Trinajstić information content (AvgIpc) is 2.45. The quantitative estimate of drug-likeness (QED) is 0.774. The van der Waals surface area contributed by atoms with E-state index >= 15 is 0 Å². The Morgan fingerprint density at radius 2 is 1.75 bits per heavy atom. The second-order valence-electron chi connectivity index (χ2n) is 4.65. The molecule has 1 amide bonds. The topological polar surface area (TPSA) is 75.3 Å². The van der Waals surface area contributed by atoms with Gasteiger partial charge in [-0.3, -0.25) is 4.79 Å². The Kier molecular flexibility index (Phi) is 4.74. The summed E-state index contributed by atoms with van der Waals surface area (Å²) in [6, 6.07) is 14.5. The molecular formula is C16H18N2O2. The molecule has 0 bridgehead atoms. The molecule has 0 saturated heterocycles. The Hall–Kier alpha value is -2.33. The normalized spacial score (nSPS) is 10.2. The fraction of sp³-hybridized carbons (Fsp3) is 0.188. The minimum atomic E-state index is -0.0752. The molecule has 2 aromatic carbocycles. The highest BCUT2D eigenvalue weighted by Gasteiger charge is 2.04. The van der Waals surface area contributed by atoms with Crippen LogP contribution in [0.25, 0.3) is 0 Å². The van der Waals surface area contributed by atoms with Crippen LogP contribution in [0.4, 0.5) is 0 Å². The van der Waals surface area contributed by atoms with Gasteiger partial charge in [-0.05, 0) is 28.8 Å². The van der Waals surface area contributed by atoms with Gasteiger partial charge >= 0.3 is 0 Å². The van der Waals surface area contributed by atoms with Crippen LogP contribution in [0, 0.1) is 0 Å². The first-order valence-electron chi connectivity index (χ1n) is 6.50. The number of nitrogens with one attached hydrogen (secondary N) is 1. The molecule has 0 radical (unpaired) electrons. The molecule has 4 nitrogen and oxygen atoms in total. The van der Waals surface area contributed by atoms with E-state index in [4.69, 9.17) is 5.73 Å². The first-order valence-corrected chi connectivity index (χ1v) is 6.50. The van der Waals surface area contributed by atoms with Crippen LogP contribution in [0.3, 0.4) is 0 Å². The van der Waals surface area contributed by atoms with Crippen molar-refractivity contribution in [3.05, 3.63) is 65.2 Å². The van der Waals surface area contributed by atoms with Crippen LogP contribution < -0.4 is 11.1 Å². The highest BCUT2D eigenvalue weighted by atomic mass is 16.3. The van der Waals surface area contributed by atoms with Gasteiger partial charge in [0, 0.05) is 13.1 Å². The summed E-state index contributed by atoms with van der Waals surface area (Å²) >= 11 is 0. The maximum Gasteiger partial charge on any atom is 0.224 e. The van der Waals surface area contributed by atoms with Crippen molar-refractivity contribution in [2.75, 3.05) is 0 Å². The monoisotopic (exact) mass is 270 g/mol. The third kappa shape index (κ3) is 4.10. The molecule has 0 atom stereocenters. The maximum atomic E-state index is 11.8. The largest absolute Gasteiger partial charge is 0.508 e. The molecule has 0 fully saturated rings. The van der Waals surface area contributed by atoms with Gasteiger partial charge in [0.1, 0.15) is 5.75 Å². The fourth-order valence-electron chi connectivity index (χ4n) is 1.98. The van der Waals surface area contributed by atoms with Gasteiger partial charge in [-0.1, -0.05) is 36.4 Å².